The molecule has 0 saturated carbocycles. The summed E-state index contributed by atoms with van der Waals surface area (Å²) in [4.78, 5) is 0. The minimum absolute atomic E-state index is 0.602. The number of hydrogen-bond acceptors (Lipinski definition) is 2. The van der Waals surface area contributed by atoms with Crippen LogP contribution in [0.1, 0.15) is 94.2 Å². The van der Waals surface area contributed by atoms with Crippen molar-refractivity contribution in [2.45, 2.75) is 119 Å². The Hall–Kier alpha value is -2.67. The van der Waals surface area contributed by atoms with Crippen LogP contribution in [0.25, 0.3) is 21.5 Å². The molecule has 3 rings (SSSR count). The molecule has 0 aliphatic heterocycles. The third-order valence-corrected chi connectivity index (χ3v) is 19.9. The lowest BCUT2D eigenvalue weighted by Gasteiger charge is -2.31. The van der Waals surface area contributed by atoms with Gasteiger partial charge in [-0.15, -0.1) is 11.1 Å². The Morgan fingerprint density at radius 2 is 0.739 bits per heavy atom. The van der Waals surface area contributed by atoms with E-state index in [2.05, 4.69) is 142 Å². The van der Waals surface area contributed by atoms with E-state index < -0.39 is 16.1 Å². The Morgan fingerprint density at radius 1 is 0.478 bits per heavy atom. The molecule has 2 nitrogen and oxygen atoms in total. The number of fused-ring (bicyclic) bond motifs is 2. The van der Waals surface area contributed by atoms with Crippen molar-refractivity contribution in [2.75, 3.05) is 11.5 Å². The predicted molar refractivity (Wildman–Crippen MR) is 213 cm³/mol. The molecule has 0 unspecified atom stereocenters. The third-order valence-electron chi connectivity index (χ3n) is 8.95. The monoisotopic (exact) mass is 652 g/mol. The number of benzene rings is 3. The quantitative estimate of drug-likeness (QED) is 0.0885. The fraction of sp³-hybridized carbons (Fsp3) is 0.571. The zero-order chi connectivity index (χ0) is 34.4. The summed E-state index contributed by atoms with van der Waals surface area (Å²) in [6, 6.07) is 20.4. The van der Waals surface area contributed by atoms with Crippen molar-refractivity contribution < 1.29 is 0 Å². The van der Waals surface area contributed by atoms with E-state index in [1.165, 1.54) is 47.0 Å². The van der Waals surface area contributed by atoms with E-state index in [-0.39, 0.29) is 0 Å². The lowest BCUT2D eigenvalue weighted by Crippen LogP contribution is -2.37. The topological polar surface area (TPSA) is 52.0 Å². The Kier molecular flexibility index (Phi) is 13.1. The molecule has 46 heavy (non-hydrogen) atoms. The van der Waals surface area contributed by atoms with Crippen LogP contribution < -0.4 is 11.5 Å². The summed E-state index contributed by atoms with van der Waals surface area (Å²) in [5.74, 6) is 11.2. The summed E-state index contributed by atoms with van der Waals surface area (Å²) >= 11 is 0. The Labute approximate surface area is 284 Å². The van der Waals surface area contributed by atoms with E-state index in [0.29, 0.717) is 46.9 Å². The lowest BCUT2D eigenvalue weighted by atomic mass is 9.93. The smallest absolute Gasteiger partial charge is 0.139 e. The zero-order valence-electron chi connectivity index (χ0n) is 31.3. The van der Waals surface area contributed by atoms with E-state index in [1.54, 1.807) is 0 Å². The van der Waals surface area contributed by atoms with Gasteiger partial charge >= 0.3 is 0 Å². The second-order valence-corrected chi connectivity index (χ2v) is 25.0. The maximum Gasteiger partial charge on any atom is 0.139 e. The van der Waals surface area contributed by atoms with Crippen LogP contribution >= 0.6 is 0 Å². The number of anilines is 2. The second-order valence-electron chi connectivity index (χ2n) is 17.0. The van der Waals surface area contributed by atoms with Crippen LogP contribution in [0.3, 0.4) is 0 Å². The standard InChI is InChI=1S/C42H64N2Si2/c1-29(2)23-45(24-30(3)4,25-31(5)6)19-17-37-39-21-35-15-13-14-16-36(35)22-40(39)38(42(44)41(37)43)18-20-46(26-32(7)8,27-33(9)10)28-34(11)12/h13-16,21-22,29-34H,23-28,43-44H2,1-12H3. The van der Waals surface area contributed by atoms with Crippen LogP contribution in [0.15, 0.2) is 36.4 Å². The van der Waals surface area contributed by atoms with E-state index in [0.717, 1.165) is 21.9 Å². The van der Waals surface area contributed by atoms with Crippen molar-refractivity contribution in [3.8, 4) is 22.9 Å². The third kappa shape index (κ3) is 9.92. The highest BCUT2D eigenvalue weighted by Crippen LogP contribution is 2.38. The molecule has 0 saturated heterocycles. The first-order valence-corrected chi connectivity index (χ1v) is 23.3. The molecule has 0 aliphatic carbocycles. The molecule has 250 valence electrons. The van der Waals surface area contributed by atoms with Crippen LogP contribution in [-0.2, 0) is 0 Å². The highest BCUT2D eigenvalue weighted by atomic mass is 28.3. The Balaban J connectivity index is 2.42. The van der Waals surface area contributed by atoms with Gasteiger partial charge in [0.05, 0.1) is 22.5 Å². The van der Waals surface area contributed by atoms with Gasteiger partial charge in [0.25, 0.3) is 0 Å². The fourth-order valence-corrected chi connectivity index (χ4v) is 20.1. The highest BCUT2D eigenvalue weighted by Gasteiger charge is 2.35. The molecule has 4 heteroatoms. The molecular weight excluding hydrogens is 589 g/mol. The number of nitrogen functional groups attached to an aromatic ring is 2. The molecule has 0 heterocycles. The number of hydrogen-bond donors (Lipinski definition) is 2. The molecular formula is C42H64N2Si2. The van der Waals surface area contributed by atoms with E-state index >= 15 is 0 Å². The molecule has 0 bridgehead atoms. The van der Waals surface area contributed by atoms with Crippen LogP contribution in [-0.4, -0.2) is 16.1 Å². The molecule has 4 N–H and O–H groups in total. The van der Waals surface area contributed by atoms with Crippen molar-refractivity contribution in [2.24, 2.45) is 35.5 Å². The van der Waals surface area contributed by atoms with Gasteiger partial charge in [-0.1, -0.05) is 119 Å². The van der Waals surface area contributed by atoms with Crippen molar-refractivity contribution >= 4 is 49.1 Å². The minimum atomic E-state index is -1.93. The van der Waals surface area contributed by atoms with Gasteiger partial charge in [-0.2, -0.15) is 0 Å². The van der Waals surface area contributed by atoms with Gasteiger partial charge < -0.3 is 11.5 Å². The summed E-state index contributed by atoms with van der Waals surface area (Å²) in [7, 11) is -3.86. The van der Waals surface area contributed by atoms with Crippen LogP contribution in [0.2, 0.25) is 36.3 Å². The van der Waals surface area contributed by atoms with Gasteiger partial charge in [-0.05, 0) is 94.7 Å². The van der Waals surface area contributed by atoms with Crippen LogP contribution in [0.5, 0.6) is 0 Å². The van der Waals surface area contributed by atoms with Crippen LogP contribution in [0.4, 0.5) is 11.4 Å². The second kappa shape index (κ2) is 16.0. The largest absolute Gasteiger partial charge is 0.396 e. The number of rotatable bonds is 12. The molecule has 0 radical (unpaired) electrons. The summed E-state index contributed by atoms with van der Waals surface area (Å²) in [5.41, 5.74) is 25.1. The first-order chi connectivity index (χ1) is 21.5. The molecule has 0 fully saturated rings. The summed E-state index contributed by atoms with van der Waals surface area (Å²) in [6.07, 6.45) is 0. The fourth-order valence-electron chi connectivity index (χ4n) is 8.37. The highest BCUT2D eigenvalue weighted by molar-refractivity contribution is 6.88. The summed E-state index contributed by atoms with van der Waals surface area (Å²) in [6.45, 7) is 28.2. The molecule has 0 spiro atoms. The van der Waals surface area contributed by atoms with Crippen molar-refractivity contribution in [1.29, 1.82) is 0 Å². The zero-order valence-corrected chi connectivity index (χ0v) is 33.3. The molecule has 0 aromatic heterocycles. The number of nitrogens with two attached hydrogens (primary N) is 2. The average molecular weight is 653 g/mol. The molecule has 0 atom stereocenters. The van der Waals surface area contributed by atoms with Gasteiger partial charge in [0.1, 0.15) is 16.1 Å². The van der Waals surface area contributed by atoms with Crippen molar-refractivity contribution in [3.05, 3.63) is 47.5 Å². The summed E-state index contributed by atoms with van der Waals surface area (Å²) in [5, 5.41) is 4.57. The van der Waals surface area contributed by atoms with Gasteiger partial charge in [0.2, 0.25) is 0 Å². The average Bonchev–Trinajstić information content (AvgIpc) is 2.90. The van der Waals surface area contributed by atoms with Gasteiger partial charge in [-0.25, -0.2) is 0 Å². The van der Waals surface area contributed by atoms with Gasteiger partial charge in [0, 0.05) is 10.8 Å². The van der Waals surface area contributed by atoms with E-state index in [4.69, 9.17) is 11.5 Å². The minimum Gasteiger partial charge on any atom is -0.396 e. The molecule has 0 aliphatic rings. The summed E-state index contributed by atoms with van der Waals surface area (Å²) < 4.78 is 0. The predicted octanol–water partition coefficient (Wildman–Crippen LogP) is 11.8. The first-order valence-electron chi connectivity index (χ1n) is 18.1. The lowest BCUT2D eigenvalue weighted by molar-refractivity contribution is 0.650. The Bertz CT molecular complexity index is 1430. The molecule has 3 aromatic rings. The normalized spacial score (nSPS) is 12.6. The maximum absolute atomic E-state index is 7.04. The molecule has 3 aromatic carbocycles. The van der Waals surface area contributed by atoms with E-state index in [1.807, 2.05) is 0 Å². The Morgan fingerprint density at radius 3 is 0.978 bits per heavy atom. The van der Waals surface area contributed by atoms with Gasteiger partial charge in [0.15, 0.2) is 0 Å². The van der Waals surface area contributed by atoms with Crippen molar-refractivity contribution in [1.82, 2.24) is 0 Å². The van der Waals surface area contributed by atoms with Crippen LogP contribution in [0, 0.1) is 58.4 Å². The van der Waals surface area contributed by atoms with E-state index in [9.17, 15) is 0 Å². The maximum atomic E-state index is 7.04. The van der Waals surface area contributed by atoms with Gasteiger partial charge in [-0.3, -0.25) is 0 Å². The SMILES string of the molecule is CC(C)C[Si](C#Cc1c(N)c(N)c(C#C[Si](CC(C)C)(CC(C)C)CC(C)C)c2cc3ccccc3cc12)(CC(C)C)CC(C)C. The first kappa shape index (κ1) is 37.8. The molecule has 0 amide bonds. The van der Waals surface area contributed by atoms with Crippen molar-refractivity contribution in [3.63, 3.8) is 0 Å².